The molecule has 0 bridgehead atoms. The number of amides is 9. The van der Waals surface area contributed by atoms with Gasteiger partial charge >= 0.3 is 0 Å². The van der Waals surface area contributed by atoms with Crippen LogP contribution in [0, 0.1) is 17.8 Å². The molecule has 5 rings (SSSR count). The van der Waals surface area contributed by atoms with Gasteiger partial charge in [0.2, 0.25) is 53.2 Å². The molecule has 4 aliphatic heterocycles. The molecule has 0 aromatic heterocycles. The average molecular weight is 1880 g/mol. The molecule has 0 radical (unpaired) electrons. The van der Waals surface area contributed by atoms with Crippen LogP contribution in [-0.4, -0.2) is 391 Å². The lowest BCUT2D eigenvalue weighted by atomic mass is 9.79. The summed E-state index contributed by atoms with van der Waals surface area (Å²) in [6.07, 6.45) is -12.6. The van der Waals surface area contributed by atoms with Crippen molar-refractivity contribution in [2.24, 2.45) is 17.8 Å². The number of aliphatic hydroxyl groups is 12. The Kier molecular flexibility index (Phi) is 55.1. The van der Waals surface area contributed by atoms with Gasteiger partial charge in [0.25, 0.3) is 7.82 Å². The molecule has 1 saturated carbocycles. The van der Waals surface area contributed by atoms with Gasteiger partial charge < -0.3 is 175 Å². The van der Waals surface area contributed by atoms with E-state index in [0.717, 1.165) is 25.7 Å². The number of hydrogen-bond donors (Lipinski definition) is 20. The highest BCUT2D eigenvalue weighted by Gasteiger charge is 2.49. The Hall–Kier alpha value is -5.58. The molecule has 5 aliphatic rings. The maximum absolute atomic E-state index is 13.9. The molecule has 45 nitrogen and oxygen atoms in total. The quantitative estimate of drug-likeness (QED) is 0.0201. The average Bonchev–Trinajstić information content (AvgIpc) is 1.28. The zero-order valence-corrected chi connectivity index (χ0v) is 77.3. The van der Waals surface area contributed by atoms with Gasteiger partial charge in [-0.15, -0.1) is 0 Å². The number of nitrogens with zero attached hydrogens (tertiary/aromatic N) is 1. The smallest absolute Gasteiger partial charge is 0.268 e. The van der Waals surface area contributed by atoms with E-state index >= 15 is 0 Å². The number of rotatable bonds is 60. The van der Waals surface area contributed by atoms with Crippen molar-refractivity contribution in [2.45, 2.75) is 318 Å². The third-order valence-electron chi connectivity index (χ3n) is 21.7. The summed E-state index contributed by atoms with van der Waals surface area (Å²) in [7, 11) is -4.41. The van der Waals surface area contributed by atoms with Crippen LogP contribution in [0.5, 0.6) is 0 Å². The number of likely N-dealkylation sites (tertiary alicyclic amines) is 1. The first kappa shape index (κ1) is 116. The number of carbonyl (C=O) groups is 9. The second-order valence-corrected chi connectivity index (χ2v) is 36.0. The Bertz CT molecular complexity index is 3110. The molecule has 5 fully saturated rings. The molecule has 23 atom stereocenters. The van der Waals surface area contributed by atoms with Gasteiger partial charge in [-0.05, 0) is 105 Å². The molecule has 0 spiro atoms. The van der Waals surface area contributed by atoms with Gasteiger partial charge in [0.05, 0.1) is 121 Å². The minimum Gasteiger partial charge on any atom is -0.756 e. The first-order valence-corrected chi connectivity index (χ1v) is 46.4. The number of phosphoric ester groups is 1. The van der Waals surface area contributed by atoms with Gasteiger partial charge in [-0.25, -0.2) is 0 Å². The second-order valence-electron chi connectivity index (χ2n) is 34.7. The van der Waals surface area contributed by atoms with Crippen molar-refractivity contribution in [3.8, 4) is 0 Å². The van der Waals surface area contributed by atoms with Gasteiger partial charge in [0.15, 0.2) is 18.9 Å². The fourth-order valence-electron chi connectivity index (χ4n) is 14.9. The molecule has 129 heavy (non-hydrogen) atoms. The number of ether oxygens (including phenoxy) is 11. The van der Waals surface area contributed by atoms with E-state index in [2.05, 4.69) is 42.5 Å². The summed E-state index contributed by atoms with van der Waals surface area (Å²) in [4.78, 5) is 128. The summed E-state index contributed by atoms with van der Waals surface area (Å²) < 4.78 is 85.3. The van der Waals surface area contributed by atoms with Crippen LogP contribution in [0.15, 0.2) is 0 Å². The van der Waals surface area contributed by atoms with Crippen molar-refractivity contribution in [3.63, 3.8) is 0 Å². The third-order valence-corrected chi connectivity index (χ3v) is 22.9. The number of carbonyl (C=O) groups excluding carboxylic acids is 9. The Labute approximate surface area is 755 Å². The number of nitrogens with one attached hydrogen (secondary N) is 8. The van der Waals surface area contributed by atoms with Gasteiger partial charge in [-0.1, -0.05) is 26.7 Å². The summed E-state index contributed by atoms with van der Waals surface area (Å²) in [5.74, 6) is -4.55. The van der Waals surface area contributed by atoms with Crippen molar-refractivity contribution >= 4 is 61.0 Å². The number of phosphoric acid groups is 1. The lowest BCUT2D eigenvalue weighted by Gasteiger charge is -2.42. The second kappa shape index (κ2) is 61.4. The summed E-state index contributed by atoms with van der Waals surface area (Å²) >= 11 is 0. The summed E-state index contributed by atoms with van der Waals surface area (Å²) in [6, 6.07) is -3.56. The van der Waals surface area contributed by atoms with Gasteiger partial charge in [-0.2, -0.15) is 0 Å². The monoisotopic (exact) mass is 1880 g/mol. The number of hydrogen-bond acceptors (Lipinski definition) is 36. The molecule has 1 aliphatic carbocycles. The van der Waals surface area contributed by atoms with Crippen LogP contribution in [0.4, 0.5) is 0 Å². The van der Waals surface area contributed by atoms with Crippen LogP contribution < -0.4 is 47.4 Å². The highest BCUT2D eigenvalue weighted by molar-refractivity contribution is 7.45. The maximum atomic E-state index is 13.9. The van der Waals surface area contributed by atoms with E-state index in [9.17, 15) is 114 Å². The van der Waals surface area contributed by atoms with Crippen LogP contribution in [0.25, 0.3) is 0 Å². The SMILES string of the molecule is CC(=O)NC1[C@H](OCCCNC(=O)CCOCC(COCCC(=O)NCCCO[C@@H]2OC(CO)[C@H](O)[C@H](O)C2NC(C)=O)(COCCC(=O)NCCCO[C@@H]2CC(CO)[C@H](O)[C@H](O)C2NC(C)=O)NC(=O)CCCC(=O)NCCCCCCOC(C)(C)C)OC(CO)[C@H](O)[C@@H]1O.CC(C)OP(=O)([O-])OC[C@@H]1C[C@@H](C)CN1C(=O)CCCCOC1OC(CO)C(O)C(O)C1C. The van der Waals surface area contributed by atoms with Gasteiger partial charge in [-0.3, -0.25) is 47.7 Å². The first-order chi connectivity index (χ1) is 61.1. The van der Waals surface area contributed by atoms with Crippen molar-refractivity contribution in [1.29, 1.82) is 0 Å². The van der Waals surface area contributed by atoms with Crippen molar-refractivity contribution in [1.82, 2.24) is 47.4 Å². The Balaban J connectivity index is 0.000000877. The lowest BCUT2D eigenvalue weighted by molar-refractivity contribution is -0.282. The van der Waals surface area contributed by atoms with Gasteiger partial charge in [0, 0.05) is 130 Å². The summed E-state index contributed by atoms with van der Waals surface area (Å²) in [5, 5.41) is 143. The van der Waals surface area contributed by atoms with E-state index < -0.39 is 209 Å². The van der Waals surface area contributed by atoms with E-state index in [-0.39, 0.29) is 186 Å². The van der Waals surface area contributed by atoms with Crippen molar-refractivity contribution in [3.05, 3.63) is 0 Å². The highest BCUT2D eigenvalue weighted by atomic mass is 31.2. The lowest BCUT2D eigenvalue weighted by Crippen LogP contribution is -2.64. The first-order valence-electron chi connectivity index (χ1n) is 44.9. The predicted octanol–water partition coefficient (Wildman–Crippen LogP) is -4.82. The standard InChI is InChI=1S/C62H112N8O26.C21H40NO10P/c1-38(74)67-50-42(31-41(32-71)53(82)56(50)85)91-24-12-21-64-46(78)17-28-88-35-62(70-49(81)16-11-15-45(77)63-20-9-7-8-10-27-94-61(4,5)6,36-89-29-18-47(79)65-22-13-25-92-59-51(68-39(2)75)57(86)54(83)43(33-72)95-59)37-90-30-19-48(80)66-23-14-26-93-60-52(69-40(3)76)58(87)55(84)44(34-73)96-60;1-13(2)32-33(27,28)30-12-16-9-14(3)10-22(16)18(24)7-5-6-8-29-21-15(4)19(25)20(26)17(11-23)31-21/h41-44,50-60,71-73,82-87H,7-37H2,1-6H3,(H,63,77)(H,64,78)(H,65,79)(H,66,80)(H,67,74)(H,68,75)(H,69,76)(H,70,81);13-17,19-21,23,25-26H,5-12H2,1-4H3,(H,27,28)/p-1/t41?,42-,43?,44?,50?,51?,52?,53+,54+,55+,56-,57-,58-,59-,60-,62?;14-,15?,16+,17?,19?,20?,21?/m11/s1. The zero-order chi connectivity index (χ0) is 96.0. The fraction of sp³-hybridized carbons (Fsp3) is 0.892. The minimum absolute atomic E-state index is 0.0338. The Morgan fingerprint density at radius 2 is 0.868 bits per heavy atom. The Morgan fingerprint density at radius 1 is 0.457 bits per heavy atom. The van der Waals surface area contributed by atoms with Crippen LogP contribution in [0.2, 0.25) is 0 Å². The molecular weight excluding hydrogens is 1730 g/mol. The molecule has 12 unspecified atom stereocenters. The Morgan fingerprint density at radius 3 is 1.33 bits per heavy atom. The molecule has 9 amide bonds. The third kappa shape index (κ3) is 44.2. The van der Waals surface area contributed by atoms with E-state index in [0.29, 0.717) is 45.4 Å². The molecule has 4 saturated heterocycles. The molecule has 46 heteroatoms. The van der Waals surface area contributed by atoms with E-state index in [1.807, 2.05) is 27.7 Å². The molecule has 20 N–H and O–H groups in total. The summed E-state index contributed by atoms with van der Waals surface area (Å²) in [5.41, 5.74) is -1.74. The van der Waals surface area contributed by atoms with E-state index in [4.69, 9.17) is 61.2 Å². The number of aliphatic hydroxyl groups excluding tert-OH is 12. The van der Waals surface area contributed by atoms with Gasteiger partial charge in [0.1, 0.15) is 72.6 Å². The molecule has 4 heterocycles. The van der Waals surface area contributed by atoms with Crippen LogP contribution >= 0.6 is 7.82 Å². The van der Waals surface area contributed by atoms with Crippen molar-refractivity contribution in [2.75, 3.05) is 138 Å². The molecule has 750 valence electrons. The topological polar surface area (TPSA) is 656 Å². The number of unbranched alkanes of at least 4 members (excludes halogenated alkanes) is 4. The molecular formula is C83H151N9O36P-. The van der Waals surface area contributed by atoms with Crippen LogP contribution in [-0.2, 0) is 109 Å². The fourth-order valence-corrected chi connectivity index (χ4v) is 15.8. The molecule has 0 aromatic rings. The van der Waals surface area contributed by atoms with Crippen LogP contribution in [0.3, 0.4) is 0 Å². The zero-order valence-electron chi connectivity index (χ0n) is 76.4. The maximum Gasteiger partial charge on any atom is 0.268 e. The largest absolute Gasteiger partial charge is 0.756 e. The minimum atomic E-state index is -4.41. The van der Waals surface area contributed by atoms with E-state index in [1.165, 1.54) is 20.8 Å². The van der Waals surface area contributed by atoms with E-state index in [1.54, 1.807) is 25.7 Å². The summed E-state index contributed by atoms with van der Waals surface area (Å²) in [6.45, 7) is 15.1. The highest BCUT2D eigenvalue weighted by Crippen LogP contribution is 2.41. The predicted molar refractivity (Wildman–Crippen MR) is 454 cm³/mol. The normalized spacial score (nSPS) is 28.6. The molecule has 0 aromatic carbocycles. The van der Waals surface area contributed by atoms with Crippen LogP contribution in [0.1, 0.15) is 185 Å². The van der Waals surface area contributed by atoms with Crippen molar-refractivity contribution < 1.29 is 175 Å².